The summed E-state index contributed by atoms with van der Waals surface area (Å²) in [6.45, 7) is 3.07. The van der Waals surface area contributed by atoms with Crippen LogP contribution < -0.4 is 16.4 Å². The van der Waals surface area contributed by atoms with Crippen LogP contribution in [0.25, 0.3) is 0 Å². The number of nitrogens with one attached hydrogen (secondary N) is 2. The molecule has 5 nitrogen and oxygen atoms in total. The first kappa shape index (κ1) is 15.8. The van der Waals surface area contributed by atoms with Gasteiger partial charge in [-0.2, -0.15) is 0 Å². The van der Waals surface area contributed by atoms with E-state index in [4.69, 9.17) is 10.5 Å². The average molecular weight is 291 g/mol. The summed E-state index contributed by atoms with van der Waals surface area (Å²) in [6.07, 6.45) is 4.41. The Morgan fingerprint density at radius 2 is 1.90 bits per heavy atom. The topological polar surface area (TPSA) is 76.4 Å². The number of ether oxygens (including phenoxy) is 1. The molecule has 1 aromatic carbocycles. The van der Waals surface area contributed by atoms with Gasteiger partial charge >= 0.3 is 6.03 Å². The standard InChI is InChI=1S/C16H25N3O2/c1-12-2-6-14(7-3-12)19-16(20)18-10-11-21-15-8-4-13(17)5-9-15/h2-3,6-7,13,15H,4-5,8-11,17H2,1H3,(H2,18,19,20). The highest BCUT2D eigenvalue weighted by atomic mass is 16.5. The normalized spacial score (nSPS) is 21.8. The second-order valence-electron chi connectivity index (χ2n) is 5.65. The molecule has 0 radical (unpaired) electrons. The van der Waals surface area contributed by atoms with Crippen molar-refractivity contribution in [3.05, 3.63) is 29.8 Å². The molecular weight excluding hydrogens is 266 g/mol. The third-order valence-electron chi connectivity index (χ3n) is 3.77. The highest BCUT2D eigenvalue weighted by Gasteiger charge is 2.18. The number of carbonyl (C=O) groups is 1. The molecule has 4 N–H and O–H groups in total. The smallest absolute Gasteiger partial charge is 0.319 e. The van der Waals surface area contributed by atoms with Crippen molar-refractivity contribution in [3.63, 3.8) is 0 Å². The van der Waals surface area contributed by atoms with Crippen LogP contribution in [0.5, 0.6) is 0 Å². The number of hydrogen-bond acceptors (Lipinski definition) is 3. The lowest BCUT2D eigenvalue weighted by atomic mass is 9.94. The minimum absolute atomic E-state index is 0.201. The number of anilines is 1. The van der Waals surface area contributed by atoms with Gasteiger partial charge in [0.2, 0.25) is 0 Å². The number of benzene rings is 1. The maximum Gasteiger partial charge on any atom is 0.319 e. The maximum absolute atomic E-state index is 11.7. The Labute approximate surface area is 126 Å². The van der Waals surface area contributed by atoms with Crippen molar-refractivity contribution in [2.75, 3.05) is 18.5 Å². The van der Waals surface area contributed by atoms with E-state index in [1.165, 1.54) is 5.56 Å². The number of carbonyl (C=O) groups excluding carboxylic acids is 1. The third kappa shape index (κ3) is 5.73. The van der Waals surface area contributed by atoms with Crippen molar-refractivity contribution in [2.45, 2.75) is 44.8 Å². The van der Waals surface area contributed by atoms with Crippen molar-refractivity contribution in [1.29, 1.82) is 0 Å². The quantitative estimate of drug-likeness (QED) is 0.729. The summed E-state index contributed by atoms with van der Waals surface area (Å²) in [7, 11) is 0. The molecular formula is C16H25N3O2. The first-order valence-corrected chi connectivity index (χ1v) is 7.62. The lowest BCUT2D eigenvalue weighted by Gasteiger charge is -2.26. The number of nitrogens with two attached hydrogens (primary N) is 1. The molecule has 0 atom stereocenters. The van der Waals surface area contributed by atoms with Crippen molar-refractivity contribution in [2.24, 2.45) is 5.73 Å². The molecule has 21 heavy (non-hydrogen) atoms. The predicted octanol–water partition coefficient (Wildman–Crippen LogP) is 2.40. The van der Waals surface area contributed by atoms with Crippen molar-refractivity contribution < 1.29 is 9.53 Å². The summed E-state index contributed by atoms with van der Waals surface area (Å²) in [5, 5.41) is 5.59. The van der Waals surface area contributed by atoms with E-state index in [0.29, 0.717) is 25.3 Å². The Morgan fingerprint density at radius 1 is 1.24 bits per heavy atom. The molecule has 5 heteroatoms. The molecule has 0 aliphatic heterocycles. The predicted molar refractivity (Wildman–Crippen MR) is 84.4 cm³/mol. The SMILES string of the molecule is Cc1ccc(NC(=O)NCCOC2CCC(N)CC2)cc1. The van der Waals surface area contributed by atoms with Gasteiger partial charge in [-0.1, -0.05) is 17.7 Å². The number of aryl methyl sites for hydroxylation is 1. The molecule has 0 saturated heterocycles. The van der Waals surface area contributed by atoms with Gasteiger partial charge < -0.3 is 21.1 Å². The van der Waals surface area contributed by atoms with E-state index in [-0.39, 0.29) is 6.03 Å². The molecule has 1 saturated carbocycles. The van der Waals surface area contributed by atoms with Crippen molar-refractivity contribution in [1.82, 2.24) is 5.32 Å². The zero-order chi connectivity index (χ0) is 15.1. The van der Waals surface area contributed by atoms with Gasteiger partial charge in [-0.15, -0.1) is 0 Å². The van der Waals surface area contributed by atoms with Crippen molar-refractivity contribution in [3.8, 4) is 0 Å². The fourth-order valence-corrected chi connectivity index (χ4v) is 2.46. The molecule has 1 aromatic rings. The number of rotatable bonds is 5. The van der Waals surface area contributed by atoms with E-state index in [0.717, 1.165) is 31.4 Å². The minimum atomic E-state index is -0.201. The van der Waals surface area contributed by atoms with Crippen LogP contribution in [0.3, 0.4) is 0 Å². The highest BCUT2D eigenvalue weighted by Crippen LogP contribution is 2.19. The van der Waals surface area contributed by atoms with Crippen LogP contribution in [0.15, 0.2) is 24.3 Å². The van der Waals surface area contributed by atoms with E-state index in [1.54, 1.807) is 0 Å². The molecule has 2 amide bonds. The van der Waals surface area contributed by atoms with Crippen LogP contribution in [0.4, 0.5) is 10.5 Å². The Kier molecular flexibility index (Phi) is 6.02. The van der Waals surface area contributed by atoms with Gasteiger partial charge in [0.15, 0.2) is 0 Å². The van der Waals surface area contributed by atoms with Gasteiger partial charge in [0, 0.05) is 18.3 Å². The van der Waals surface area contributed by atoms with Crippen LogP contribution in [0, 0.1) is 6.92 Å². The summed E-state index contributed by atoms with van der Waals surface area (Å²) < 4.78 is 5.75. The van der Waals surface area contributed by atoms with E-state index in [1.807, 2.05) is 31.2 Å². The molecule has 0 aromatic heterocycles. The summed E-state index contributed by atoms with van der Waals surface area (Å²) in [5.41, 5.74) is 7.81. The van der Waals surface area contributed by atoms with Gasteiger partial charge in [-0.3, -0.25) is 0 Å². The second-order valence-corrected chi connectivity index (χ2v) is 5.65. The van der Waals surface area contributed by atoms with Crippen LogP contribution in [0.1, 0.15) is 31.2 Å². The van der Waals surface area contributed by atoms with Crippen LogP contribution >= 0.6 is 0 Å². The largest absolute Gasteiger partial charge is 0.376 e. The zero-order valence-electron chi connectivity index (χ0n) is 12.6. The Hall–Kier alpha value is -1.59. The molecule has 0 spiro atoms. The first-order chi connectivity index (χ1) is 10.1. The number of hydrogen-bond donors (Lipinski definition) is 3. The average Bonchev–Trinajstić information content (AvgIpc) is 2.48. The Balaban J connectivity index is 1.58. The molecule has 1 aliphatic rings. The lowest BCUT2D eigenvalue weighted by molar-refractivity contribution is 0.0280. The van der Waals surface area contributed by atoms with E-state index in [2.05, 4.69) is 10.6 Å². The second kappa shape index (κ2) is 8.00. The molecule has 1 fully saturated rings. The third-order valence-corrected chi connectivity index (χ3v) is 3.77. The fraction of sp³-hybridized carbons (Fsp3) is 0.562. The molecule has 2 rings (SSSR count). The van der Waals surface area contributed by atoms with Crippen LogP contribution in [-0.2, 0) is 4.74 Å². The van der Waals surface area contributed by atoms with E-state index >= 15 is 0 Å². The summed E-state index contributed by atoms with van der Waals surface area (Å²) in [4.78, 5) is 11.7. The van der Waals surface area contributed by atoms with Crippen LogP contribution in [0.2, 0.25) is 0 Å². The summed E-state index contributed by atoms with van der Waals surface area (Å²) >= 11 is 0. The maximum atomic E-state index is 11.7. The Bertz CT molecular complexity index is 439. The summed E-state index contributed by atoms with van der Waals surface area (Å²) in [5.74, 6) is 0. The fourth-order valence-electron chi connectivity index (χ4n) is 2.46. The minimum Gasteiger partial charge on any atom is -0.376 e. The number of amides is 2. The Morgan fingerprint density at radius 3 is 2.57 bits per heavy atom. The van der Waals surface area contributed by atoms with Crippen LogP contribution in [-0.4, -0.2) is 31.3 Å². The highest BCUT2D eigenvalue weighted by molar-refractivity contribution is 5.89. The van der Waals surface area contributed by atoms with Gasteiger partial charge in [-0.25, -0.2) is 4.79 Å². The van der Waals surface area contributed by atoms with Gasteiger partial charge in [-0.05, 0) is 44.7 Å². The van der Waals surface area contributed by atoms with Gasteiger partial charge in [0.05, 0.1) is 12.7 Å². The van der Waals surface area contributed by atoms with Gasteiger partial charge in [0.25, 0.3) is 0 Å². The summed E-state index contributed by atoms with van der Waals surface area (Å²) in [6, 6.07) is 7.84. The number of urea groups is 1. The van der Waals surface area contributed by atoms with E-state index < -0.39 is 0 Å². The lowest BCUT2D eigenvalue weighted by Crippen LogP contribution is -2.34. The van der Waals surface area contributed by atoms with Gasteiger partial charge in [0.1, 0.15) is 0 Å². The monoisotopic (exact) mass is 291 g/mol. The molecule has 0 bridgehead atoms. The first-order valence-electron chi connectivity index (χ1n) is 7.62. The van der Waals surface area contributed by atoms with E-state index in [9.17, 15) is 4.79 Å². The van der Waals surface area contributed by atoms with Crippen molar-refractivity contribution >= 4 is 11.7 Å². The molecule has 0 unspecified atom stereocenters. The molecule has 116 valence electrons. The molecule has 1 aliphatic carbocycles. The molecule has 0 heterocycles. The zero-order valence-corrected chi connectivity index (χ0v) is 12.6.